The van der Waals surface area contributed by atoms with Gasteiger partial charge in [0, 0.05) is 10.6 Å². The van der Waals surface area contributed by atoms with Gasteiger partial charge in [-0.3, -0.25) is 9.52 Å². The molecule has 13 heteroatoms. The molecule has 0 fully saturated rings. The first kappa shape index (κ1) is 30.6. The zero-order valence-corrected chi connectivity index (χ0v) is 25.6. The number of methoxy groups -OCH3 is 1. The van der Waals surface area contributed by atoms with Crippen LogP contribution in [0.3, 0.4) is 0 Å². The summed E-state index contributed by atoms with van der Waals surface area (Å²) < 4.78 is 48.8. The van der Waals surface area contributed by atoms with Gasteiger partial charge >= 0.3 is 11.9 Å². The van der Waals surface area contributed by atoms with Crippen LogP contribution in [0.5, 0.6) is 11.5 Å². The number of sulfonamides is 1. The molecule has 4 aromatic rings. The maximum atomic E-state index is 12.7. The first-order valence-electron chi connectivity index (χ1n) is 13.3. The number of carbonyl (C=O) groups excluding carboxylic acids is 3. The van der Waals surface area contributed by atoms with Crippen molar-refractivity contribution in [1.29, 1.82) is 0 Å². The molecule has 0 aliphatic carbocycles. The molecule has 2 N–H and O–H groups in total. The normalized spacial score (nSPS) is 12.0. The Kier molecular flexibility index (Phi) is 8.88. The second-order valence-corrected chi connectivity index (χ2v) is 12.7. The molecule has 0 bridgehead atoms. The zero-order chi connectivity index (χ0) is 31.4. The Labute approximate surface area is 257 Å². The van der Waals surface area contributed by atoms with Crippen LogP contribution in [0.25, 0.3) is 0 Å². The van der Waals surface area contributed by atoms with Crippen molar-refractivity contribution >= 4 is 49.9 Å². The summed E-state index contributed by atoms with van der Waals surface area (Å²) in [5.74, 6) is -0.858. The predicted octanol–water partition coefficient (Wildman–Crippen LogP) is 5.07. The summed E-state index contributed by atoms with van der Waals surface area (Å²) in [7, 11) is -2.63. The van der Waals surface area contributed by atoms with Gasteiger partial charge in [0.2, 0.25) is 6.79 Å². The number of esters is 2. The molecular formula is C31H28N2O9S2. The summed E-state index contributed by atoms with van der Waals surface area (Å²) in [6, 6.07) is 17.5. The molecule has 44 heavy (non-hydrogen) atoms. The van der Waals surface area contributed by atoms with E-state index in [9.17, 15) is 22.8 Å². The quantitative estimate of drug-likeness (QED) is 0.228. The lowest BCUT2D eigenvalue weighted by Gasteiger charge is -2.10. The van der Waals surface area contributed by atoms with Crippen molar-refractivity contribution in [2.45, 2.75) is 25.2 Å². The number of carbonyl (C=O) groups is 3. The van der Waals surface area contributed by atoms with Crippen LogP contribution in [0, 0.1) is 13.8 Å². The second kappa shape index (κ2) is 12.8. The molecule has 5 rings (SSSR count). The lowest BCUT2D eigenvalue weighted by molar-refractivity contribution is -0.119. The SMILES string of the molecule is COC(=O)c1c(NC(=O)COC(=O)c2ccc(S(=O)(=O)Nc3ccc(C)cc3)cc2)sc(C)c1Cc1ccc2c(c1)OCO2. The van der Waals surface area contributed by atoms with E-state index in [0.29, 0.717) is 29.2 Å². The highest BCUT2D eigenvalue weighted by molar-refractivity contribution is 7.92. The molecular weight excluding hydrogens is 608 g/mol. The minimum Gasteiger partial charge on any atom is -0.465 e. The number of rotatable bonds is 10. The van der Waals surface area contributed by atoms with Gasteiger partial charge in [0.25, 0.3) is 15.9 Å². The molecule has 1 amide bonds. The molecule has 228 valence electrons. The van der Waals surface area contributed by atoms with Gasteiger partial charge < -0.3 is 24.3 Å². The van der Waals surface area contributed by atoms with Crippen molar-refractivity contribution in [3.63, 3.8) is 0 Å². The van der Waals surface area contributed by atoms with Crippen molar-refractivity contribution in [3.05, 3.63) is 99.4 Å². The van der Waals surface area contributed by atoms with E-state index in [2.05, 4.69) is 10.0 Å². The smallest absolute Gasteiger partial charge is 0.341 e. The maximum absolute atomic E-state index is 12.7. The molecule has 0 unspecified atom stereocenters. The largest absolute Gasteiger partial charge is 0.465 e. The molecule has 0 saturated carbocycles. The number of hydrogen-bond acceptors (Lipinski definition) is 10. The van der Waals surface area contributed by atoms with Gasteiger partial charge in [-0.1, -0.05) is 23.8 Å². The molecule has 3 aromatic carbocycles. The van der Waals surface area contributed by atoms with E-state index in [4.69, 9.17) is 18.9 Å². The highest BCUT2D eigenvalue weighted by atomic mass is 32.2. The fourth-order valence-corrected chi connectivity index (χ4v) is 6.57. The van der Waals surface area contributed by atoms with Crippen LogP contribution in [0.15, 0.2) is 71.6 Å². The standard InChI is InChI=1S/C31H28N2O9S2/c1-18-4-9-22(10-5-18)33-44(37,38)23-11-7-21(8-12-23)30(35)40-16-27(34)32-29-28(31(36)39-3)24(19(2)43-29)14-20-6-13-25-26(15-20)42-17-41-25/h4-13,15,33H,14,16-17H2,1-3H3,(H,32,34). The number of benzene rings is 3. The van der Waals surface area contributed by atoms with E-state index in [-0.39, 0.29) is 27.8 Å². The Hall–Kier alpha value is -4.88. The Morgan fingerprint density at radius 1 is 0.909 bits per heavy atom. The molecule has 2 heterocycles. The van der Waals surface area contributed by atoms with E-state index in [1.54, 1.807) is 30.3 Å². The third kappa shape index (κ3) is 6.84. The van der Waals surface area contributed by atoms with E-state index in [1.807, 2.05) is 26.0 Å². The van der Waals surface area contributed by atoms with Crippen LogP contribution < -0.4 is 19.5 Å². The fraction of sp³-hybridized carbons (Fsp3) is 0.194. The van der Waals surface area contributed by atoms with Gasteiger partial charge in [-0.15, -0.1) is 11.3 Å². The fourth-order valence-electron chi connectivity index (χ4n) is 4.44. The van der Waals surface area contributed by atoms with Gasteiger partial charge in [0.1, 0.15) is 5.00 Å². The van der Waals surface area contributed by atoms with Gasteiger partial charge in [-0.2, -0.15) is 0 Å². The van der Waals surface area contributed by atoms with E-state index in [1.165, 1.54) is 42.7 Å². The highest BCUT2D eigenvalue weighted by Crippen LogP contribution is 2.37. The number of nitrogens with one attached hydrogen (secondary N) is 2. The first-order chi connectivity index (χ1) is 21.0. The summed E-state index contributed by atoms with van der Waals surface area (Å²) >= 11 is 1.20. The molecule has 1 aliphatic rings. The van der Waals surface area contributed by atoms with Crippen LogP contribution in [-0.2, 0) is 30.7 Å². The molecule has 11 nitrogen and oxygen atoms in total. The third-order valence-electron chi connectivity index (χ3n) is 6.71. The number of thiophene rings is 1. The average molecular weight is 637 g/mol. The molecule has 0 radical (unpaired) electrons. The summed E-state index contributed by atoms with van der Waals surface area (Å²) in [5, 5.41) is 2.91. The number of fused-ring (bicyclic) bond motifs is 1. The first-order valence-corrected chi connectivity index (χ1v) is 15.6. The summed E-state index contributed by atoms with van der Waals surface area (Å²) in [6.45, 7) is 3.23. The van der Waals surface area contributed by atoms with Crippen LogP contribution in [-0.4, -0.2) is 46.8 Å². The number of anilines is 2. The molecule has 0 saturated heterocycles. The lowest BCUT2D eigenvalue weighted by Crippen LogP contribution is -2.22. The summed E-state index contributed by atoms with van der Waals surface area (Å²) in [5.41, 5.74) is 3.21. The van der Waals surface area contributed by atoms with Crippen LogP contribution >= 0.6 is 11.3 Å². The van der Waals surface area contributed by atoms with Crippen molar-refractivity contribution in [2.24, 2.45) is 0 Å². The Morgan fingerprint density at radius 3 is 2.32 bits per heavy atom. The van der Waals surface area contributed by atoms with Crippen LogP contribution in [0.2, 0.25) is 0 Å². The Morgan fingerprint density at radius 2 is 1.61 bits per heavy atom. The predicted molar refractivity (Wildman–Crippen MR) is 163 cm³/mol. The molecule has 0 spiro atoms. The molecule has 0 atom stereocenters. The van der Waals surface area contributed by atoms with Gasteiger partial charge in [-0.05, 0) is 79.9 Å². The Bertz CT molecular complexity index is 1830. The van der Waals surface area contributed by atoms with E-state index in [0.717, 1.165) is 16.0 Å². The average Bonchev–Trinajstić information content (AvgIpc) is 3.60. The van der Waals surface area contributed by atoms with E-state index >= 15 is 0 Å². The van der Waals surface area contributed by atoms with Crippen LogP contribution in [0.1, 0.15) is 42.3 Å². The van der Waals surface area contributed by atoms with Crippen LogP contribution in [0.4, 0.5) is 10.7 Å². The van der Waals surface area contributed by atoms with Gasteiger partial charge in [0.15, 0.2) is 18.1 Å². The highest BCUT2D eigenvalue weighted by Gasteiger charge is 2.25. The number of ether oxygens (including phenoxy) is 4. The van der Waals surface area contributed by atoms with Crippen molar-refractivity contribution in [2.75, 3.05) is 30.5 Å². The minimum atomic E-state index is -3.88. The number of amides is 1. The molecule has 1 aliphatic heterocycles. The van der Waals surface area contributed by atoms with Gasteiger partial charge in [0.05, 0.1) is 23.1 Å². The summed E-state index contributed by atoms with van der Waals surface area (Å²) in [4.78, 5) is 38.8. The molecule has 1 aromatic heterocycles. The third-order valence-corrected chi connectivity index (χ3v) is 9.17. The number of hydrogen-bond donors (Lipinski definition) is 2. The van der Waals surface area contributed by atoms with Gasteiger partial charge in [-0.25, -0.2) is 18.0 Å². The minimum absolute atomic E-state index is 0.0488. The Balaban J connectivity index is 1.22. The van der Waals surface area contributed by atoms with Crippen molar-refractivity contribution < 1.29 is 41.7 Å². The zero-order valence-electron chi connectivity index (χ0n) is 24.0. The van der Waals surface area contributed by atoms with Crippen molar-refractivity contribution in [3.8, 4) is 11.5 Å². The monoisotopic (exact) mass is 636 g/mol. The second-order valence-electron chi connectivity index (χ2n) is 9.82. The lowest BCUT2D eigenvalue weighted by atomic mass is 10.0. The number of aryl methyl sites for hydroxylation is 2. The summed E-state index contributed by atoms with van der Waals surface area (Å²) in [6.07, 6.45) is 0.376. The maximum Gasteiger partial charge on any atom is 0.341 e. The van der Waals surface area contributed by atoms with Crippen molar-refractivity contribution in [1.82, 2.24) is 0 Å². The topological polar surface area (TPSA) is 146 Å². The van der Waals surface area contributed by atoms with E-state index < -0.39 is 34.5 Å².